The van der Waals surface area contributed by atoms with Gasteiger partial charge in [0.2, 0.25) is 0 Å². The van der Waals surface area contributed by atoms with E-state index in [0.29, 0.717) is 28.5 Å². The van der Waals surface area contributed by atoms with Crippen LogP contribution in [0.5, 0.6) is 0 Å². The number of aromatic nitrogens is 3. The van der Waals surface area contributed by atoms with Crippen molar-refractivity contribution in [3.8, 4) is 5.69 Å². The summed E-state index contributed by atoms with van der Waals surface area (Å²) in [6.07, 6.45) is 2.38. The topological polar surface area (TPSA) is 112 Å². The summed E-state index contributed by atoms with van der Waals surface area (Å²) < 4.78 is 42.3. The Labute approximate surface area is 225 Å². The third-order valence-electron chi connectivity index (χ3n) is 6.44. The summed E-state index contributed by atoms with van der Waals surface area (Å²) in [5.74, 6) is -0.555. The molecule has 9 nitrogen and oxygen atoms in total. The number of pyridine rings is 1. The molecule has 1 fully saturated rings. The van der Waals surface area contributed by atoms with Gasteiger partial charge in [0.15, 0.2) is 0 Å². The molecule has 0 saturated heterocycles. The summed E-state index contributed by atoms with van der Waals surface area (Å²) >= 11 is 3.22. The fourth-order valence-electron chi connectivity index (χ4n) is 4.52. The summed E-state index contributed by atoms with van der Waals surface area (Å²) in [5, 5.41) is 2.97. The zero-order valence-electron chi connectivity index (χ0n) is 20.7. The van der Waals surface area contributed by atoms with Crippen molar-refractivity contribution in [2.75, 3.05) is 11.6 Å². The van der Waals surface area contributed by atoms with E-state index in [4.69, 9.17) is 0 Å². The molecule has 0 unspecified atom stereocenters. The van der Waals surface area contributed by atoms with E-state index in [1.807, 2.05) is 0 Å². The van der Waals surface area contributed by atoms with Crippen molar-refractivity contribution in [3.63, 3.8) is 0 Å². The first-order chi connectivity index (χ1) is 17.9. The zero-order valence-corrected chi connectivity index (χ0v) is 23.1. The van der Waals surface area contributed by atoms with E-state index in [9.17, 15) is 27.2 Å². The van der Waals surface area contributed by atoms with Crippen LogP contribution < -0.4 is 27.6 Å². The molecule has 1 saturated carbocycles. The lowest BCUT2D eigenvalue weighted by Crippen LogP contribution is -2.41. The van der Waals surface area contributed by atoms with Crippen molar-refractivity contribution in [1.82, 2.24) is 13.7 Å². The lowest BCUT2D eigenvalue weighted by atomic mass is 9.94. The maximum Gasteiger partial charge on any atom is 0.336 e. The third-order valence-corrected chi connectivity index (χ3v) is 7.63. The molecule has 5 rings (SSSR count). The Kier molecular flexibility index (Phi) is 6.46. The fourth-order valence-corrected chi connectivity index (χ4v) is 5.51. The highest BCUT2D eigenvalue weighted by Gasteiger charge is 2.31. The molecule has 0 aliphatic heterocycles. The average molecular weight is 600 g/mol. The van der Waals surface area contributed by atoms with Crippen LogP contribution in [0.1, 0.15) is 24.4 Å². The number of nitrogens with zero attached hydrogens (tertiary/aromatic N) is 3. The number of nitrogens with one attached hydrogen (secondary N) is 1. The van der Waals surface area contributed by atoms with Crippen molar-refractivity contribution in [1.29, 1.82) is 0 Å². The summed E-state index contributed by atoms with van der Waals surface area (Å²) in [6.45, 7) is 2.62. The monoisotopic (exact) mass is 599 g/mol. The van der Waals surface area contributed by atoms with Crippen LogP contribution in [0, 0.1) is 12.7 Å². The van der Waals surface area contributed by atoms with Crippen LogP contribution in [-0.2, 0) is 16.7 Å². The predicted octanol–water partition coefficient (Wildman–Crippen LogP) is 2.43. The molecule has 195 valence electrons. The average Bonchev–Trinajstić information content (AvgIpc) is 3.67. The van der Waals surface area contributed by atoms with Crippen molar-refractivity contribution in [2.24, 2.45) is 7.05 Å². The van der Waals surface area contributed by atoms with Crippen LogP contribution in [0.25, 0.3) is 16.6 Å². The zero-order chi connectivity index (χ0) is 27.5. The first kappa shape index (κ1) is 26.2. The van der Waals surface area contributed by atoms with Gasteiger partial charge < -0.3 is 5.32 Å². The number of anilines is 2. The summed E-state index contributed by atoms with van der Waals surface area (Å²) in [6, 6.07) is 10.2. The maximum atomic E-state index is 14.8. The summed E-state index contributed by atoms with van der Waals surface area (Å²) in [4.78, 5) is 40.9. The van der Waals surface area contributed by atoms with Crippen LogP contribution in [-0.4, -0.2) is 34.9 Å². The second-order valence-corrected chi connectivity index (χ2v) is 12.2. The van der Waals surface area contributed by atoms with Crippen LogP contribution in [0.15, 0.2) is 61.3 Å². The summed E-state index contributed by atoms with van der Waals surface area (Å²) in [5.41, 5.74) is -0.609. The Balaban J connectivity index is 1.85. The molecular weight excluding hydrogens is 578 g/mol. The lowest BCUT2D eigenvalue weighted by molar-refractivity contribution is 0.614. The van der Waals surface area contributed by atoms with Gasteiger partial charge in [0, 0.05) is 29.4 Å². The van der Waals surface area contributed by atoms with E-state index in [2.05, 4.69) is 21.2 Å². The molecule has 1 radical (unpaired) electrons. The first-order valence-corrected chi connectivity index (χ1v) is 14.4. The minimum Gasteiger partial charge on any atom is -0.338 e. The Morgan fingerprint density at radius 1 is 1.05 bits per heavy atom. The van der Waals surface area contributed by atoms with Crippen LogP contribution in [0.4, 0.5) is 15.9 Å². The second-order valence-electron chi connectivity index (χ2n) is 9.37. The van der Waals surface area contributed by atoms with Crippen LogP contribution in [0.3, 0.4) is 0 Å². The van der Waals surface area contributed by atoms with Crippen LogP contribution >= 0.6 is 15.9 Å². The molecule has 1 N–H and O–H groups in total. The van der Waals surface area contributed by atoms with E-state index in [0.717, 1.165) is 12.8 Å². The molecule has 2 heterocycles. The van der Waals surface area contributed by atoms with Gasteiger partial charge in [-0.25, -0.2) is 17.6 Å². The minimum absolute atomic E-state index is 0.0455. The van der Waals surface area contributed by atoms with Gasteiger partial charge in [-0.05, 0) is 50.1 Å². The van der Waals surface area contributed by atoms with Gasteiger partial charge in [0.05, 0.1) is 16.9 Å². The van der Waals surface area contributed by atoms with Gasteiger partial charge in [0.1, 0.15) is 26.7 Å². The molecule has 2 aromatic heterocycles. The van der Waals surface area contributed by atoms with Crippen LogP contribution in [0.2, 0.25) is 0 Å². The Bertz CT molecular complexity index is 1910. The predicted molar refractivity (Wildman–Crippen MR) is 150 cm³/mol. The minimum atomic E-state index is -3.40. The summed E-state index contributed by atoms with van der Waals surface area (Å²) in [7, 11) is -1.92. The quantitative estimate of drug-likeness (QED) is 0.341. The van der Waals surface area contributed by atoms with Crippen molar-refractivity contribution >= 4 is 60.0 Å². The van der Waals surface area contributed by atoms with E-state index < -0.39 is 32.3 Å². The van der Waals surface area contributed by atoms with E-state index in [1.54, 1.807) is 18.2 Å². The van der Waals surface area contributed by atoms with Gasteiger partial charge in [-0.3, -0.25) is 23.3 Å². The van der Waals surface area contributed by atoms with E-state index in [-0.39, 0.29) is 34.0 Å². The number of rotatable bonds is 6. The smallest absolute Gasteiger partial charge is 0.336 e. The maximum absolute atomic E-state index is 14.8. The van der Waals surface area contributed by atoms with E-state index >= 15 is 0 Å². The van der Waals surface area contributed by atoms with Crippen molar-refractivity contribution in [3.05, 3.63) is 89.5 Å². The van der Waals surface area contributed by atoms with Crippen molar-refractivity contribution < 1.29 is 12.8 Å². The normalized spacial score (nSPS) is 13.6. The number of fused-ring (bicyclic) bond motifs is 1. The molecule has 0 spiro atoms. The lowest BCUT2D eigenvalue weighted by Gasteiger charge is -2.20. The second kappa shape index (κ2) is 9.39. The SMILES string of the molecule is Cc1c(=O)n(C)c(Nc2ccc(Br)cc2F)c2c(=O)n(C3CC3)c(=O)n(-c3ccc([B]S(C)(=O)=O)cc3)c12. The molecule has 38 heavy (non-hydrogen) atoms. The highest BCUT2D eigenvalue weighted by molar-refractivity contribution is 9.10. The van der Waals surface area contributed by atoms with Gasteiger partial charge in [-0.2, -0.15) is 0 Å². The Morgan fingerprint density at radius 3 is 2.29 bits per heavy atom. The molecular formula is C25H22BBrFN4O5S. The third kappa shape index (κ3) is 4.64. The van der Waals surface area contributed by atoms with Gasteiger partial charge >= 0.3 is 12.2 Å². The molecule has 2 aromatic carbocycles. The van der Waals surface area contributed by atoms with Gasteiger partial charge in [-0.15, -0.1) is 0 Å². The van der Waals surface area contributed by atoms with E-state index in [1.165, 1.54) is 51.9 Å². The largest absolute Gasteiger partial charge is 0.338 e. The number of aryl methyl sites for hydroxylation is 1. The number of hydrogen-bond acceptors (Lipinski definition) is 6. The molecule has 0 atom stereocenters. The number of hydrogen-bond donors (Lipinski definition) is 1. The standard InChI is InChI=1S/C25H22BBrFN4O5S/c1-13-21-20(22(30(2)23(13)33)29-19-11-6-15(27)12-18(19)28)24(34)32(17-9-10-17)25(35)31(21)16-7-4-14(5-8-16)26-38(3,36)37/h4-8,11-12,17,29H,9-10H2,1-3H3. The highest BCUT2D eigenvalue weighted by atomic mass is 79.9. The highest BCUT2D eigenvalue weighted by Crippen LogP contribution is 2.34. The van der Waals surface area contributed by atoms with Crippen molar-refractivity contribution in [2.45, 2.75) is 25.8 Å². The molecule has 0 bridgehead atoms. The Hall–Kier alpha value is -3.45. The number of benzene rings is 2. The fraction of sp³-hybridized carbons (Fsp3) is 0.240. The molecule has 1 aliphatic carbocycles. The molecule has 4 aromatic rings. The van der Waals surface area contributed by atoms with Gasteiger partial charge in [-0.1, -0.05) is 33.5 Å². The molecule has 13 heteroatoms. The first-order valence-electron chi connectivity index (χ1n) is 11.7. The molecule has 1 aliphatic rings. The molecule has 0 amide bonds. The number of halogens is 2. The Morgan fingerprint density at radius 2 is 1.71 bits per heavy atom. The van der Waals surface area contributed by atoms with Gasteiger partial charge in [0.25, 0.3) is 11.1 Å².